The van der Waals surface area contributed by atoms with E-state index < -0.39 is 0 Å². The molecule has 0 aromatic heterocycles. The molecule has 0 spiro atoms. The maximum Gasteiger partial charge on any atom is 0.0594 e. The monoisotopic (exact) mass is 471 g/mol. The summed E-state index contributed by atoms with van der Waals surface area (Å²) >= 11 is 0. The zero-order valence-electron chi connectivity index (χ0n) is 25.5. The second kappa shape index (κ2) is 16.6. The van der Waals surface area contributed by atoms with Crippen LogP contribution in [0, 0.1) is 28.1 Å². The lowest BCUT2D eigenvalue weighted by atomic mass is 9.69. The first-order valence-corrected chi connectivity index (χ1v) is 14.0. The van der Waals surface area contributed by atoms with Crippen molar-refractivity contribution in [2.24, 2.45) is 28.1 Å². The molecule has 0 unspecified atom stereocenters. The highest BCUT2D eigenvalue weighted by Crippen LogP contribution is 2.41. The molecule has 2 aliphatic carbocycles. The Morgan fingerprint density at radius 1 is 0.606 bits per heavy atom. The third kappa shape index (κ3) is 23.4. The summed E-state index contributed by atoms with van der Waals surface area (Å²) in [5.41, 5.74) is 1.68. The van der Waals surface area contributed by atoms with Gasteiger partial charge in [0.2, 0.25) is 0 Å². The molecule has 1 N–H and O–H groups in total. The van der Waals surface area contributed by atoms with Gasteiger partial charge in [-0.1, -0.05) is 94.4 Å². The van der Waals surface area contributed by atoms with E-state index in [2.05, 4.69) is 62.3 Å². The Morgan fingerprint density at radius 2 is 0.970 bits per heavy atom. The van der Waals surface area contributed by atoms with Gasteiger partial charge in [0.25, 0.3) is 0 Å². The number of methoxy groups -OCH3 is 1. The minimum Gasteiger partial charge on any atom is -0.396 e. The van der Waals surface area contributed by atoms with E-state index in [1.807, 2.05) is 20.8 Å². The van der Waals surface area contributed by atoms with Gasteiger partial charge in [0.05, 0.1) is 5.60 Å². The Morgan fingerprint density at radius 3 is 1.15 bits per heavy atom. The number of hydrogen-bond donors (Lipinski definition) is 1. The fourth-order valence-electron chi connectivity index (χ4n) is 4.01. The quantitative estimate of drug-likeness (QED) is 0.414. The molecule has 0 atom stereocenters. The van der Waals surface area contributed by atoms with Crippen molar-refractivity contribution >= 4 is 0 Å². The molecule has 0 saturated heterocycles. The summed E-state index contributed by atoms with van der Waals surface area (Å²) < 4.78 is 4.94. The van der Waals surface area contributed by atoms with Crippen LogP contribution in [0.1, 0.15) is 154 Å². The predicted molar refractivity (Wildman–Crippen MR) is 150 cm³/mol. The van der Waals surface area contributed by atoms with Gasteiger partial charge >= 0.3 is 0 Å². The van der Waals surface area contributed by atoms with Gasteiger partial charge in [0, 0.05) is 13.7 Å². The van der Waals surface area contributed by atoms with E-state index in [4.69, 9.17) is 9.84 Å². The second-order valence-corrected chi connectivity index (χ2v) is 14.8. The minimum atomic E-state index is 0.0417. The largest absolute Gasteiger partial charge is 0.396 e. The van der Waals surface area contributed by atoms with E-state index in [0.29, 0.717) is 22.9 Å². The van der Waals surface area contributed by atoms with Crippen LogP contribution >= 0.6 is 0 Å². The molecule has 0 aromatic carbocycles. The van der Waals surface area contributed by atoms with E-state index in [0.717, 1.165) is 18.3 Å². The number of aliphatic hydroxyl groups is 1. The average Bonchev–Trinajstić information content (AvgIpc) is 3.11. The minimum absolute atomic E-state index is 0.0417. The molecule has 0 heterocycles. The molecule has 202 valence electrons. The van der Waals surface area contributed by atoms with E-state index >= 15 is 0 Å². The van der Waals surface area contributed by atoms with Crippen LogP contribution in [-0.4, -0.2) is 24.4 Å². The van der Waals surface area contributed by atoms with Crippen LogP contribution in [0.15, 0.2) is 0 Å². The van der Waals surface area contributed by atoms with Crippen LogP contribution in [-0.2, 0) is 4.74 Å². The Kier molecular flexibility index (Phi) is 17.6. The van der Waals surface area contributed by atoms with Crippen LogP contribution in [0.5, 0.6) is 0 Å². The maximum atomic E-state index is 8.50. The van der Waals surface area contributed by atoms with Gasteiger partial charge in [-0.2, -0.15) is 0 Å². The summed E-state index contributed by atoms with van der Waals surface area (Å²) in [6.45, 7) is 27.3. The fourth-order valence-corrected chi connectivity index (χ4v) is 4.01. The van der Waals surface area contributed by atoms with Crippen molar-refractivity contribution < 1.29 is 9.84 Å². The van der Waals surface area contributed by atoms with Crippen molar-refractivity contribution in [3.8, 4) is 0 Å². The Labute approximate surface area is 211 Å². The van der Waals surface area contributed by atoms with Gasteiger partial charge in [-0.3, -0.25) is 0 Å². The molecule has 0 bridgehead atoms. The van der Waals surface area contributed by atoms with Crippen LogP contribution in [0.3, 0.4) is 0 Å². The lowest BCUT2D eigenvalue weighted by Gasteiger charge is -2.37. The van der Waals surface area contributed by atoms with Gasteiger partial charge in [0.15, 0.2) is 0 Å². The molecule has 2 rings (SSSR count). The zero-order chi connectivity index (χ0) is 26.3. The normalized spacial score (nSPS) is 17.6. The van der Waals surface area contributed by atoms with Crippen molar-refractivity contribution in [2.75, 3.05) is 13.7 Å². The van der Waals surface area contributed by atoms with Crippen molar-refractivity contribution in [3.05, 3.63) is 0 Å². The number of ether oxygens (including phenoxy) is 1. The van der Waals surface area contributed by atoms with Gasteiger partial charge < -0.3 is 9.84 Å². The first-order chi connectivity index (χ1) is 14.8. The molecule has 2 aliphatic rings. The Bertz CT molecular complexity index is 430. The fraction of sp³-hybridized carbons (Fsp3) is 1.00. The van der Waals surface area contributed by atoms with Gasteiger partial charge in [-0.15, -0.1) is 0 Å². The molecular formula is C31H66O2. The molecular weight excluding hydrogens is 404 g/mol. The smallest absolute Gasteiger partial charge is 0.0594 e. The highest BCUT2D eigenvalue weighted by molar-refractivity contribution is 4.80. The highest BCUT2D eigenvalue weighted by Gasteiger charge is 2.29. The average molecular weight is 471 g/mol. The molecule has 2 saturated carbocycles. The summed E-state index contributed by atoms with van der Waals surface area (Å²) in [5.74, 6) is 2.04. The summed E-state index contributed by atoms with van der Waals surface area (Å²) in [5, 5.41) is 8.50. The Balaban J connectivity index is 0. The third-order valence-corrected chi connectivity index (χ3v) is 7.11. The molecule has 2 nitrogen and oxygen atoms in total. The molecule has 0 aromatic rings. The summed E-state index contributed by atoms with van der Waals surface area (Å²) in [7, 11) is 1.71. The van der Waals surface area contributed by atoms with Crippen molar-refractivity contribution in [3.63, 3.8) is 0 Å². The standard InChI is InChI=1S/C9H20O.C9H18.C8H16.C5H12O/c1-9(2,3)7-5-4-6-8-10;1-9(2,3)8-6-4-5-7-8;1-8(2,3)7-5-4-6-7;1-5(2,3)6-4/h10H,4-8H2,1-3H3;8H,4-7H2,1-3H3;7H,4-6H2,1-3H3;1-4H3. The first-order valence-electron chi connectivity index (χ1n) is 14.0. The summed E-state index contributed by atoms with van der Waals surface area (Å²) in [6, 6.07) is 0. The molecule has 2 heteroatoms. The van der Waals surface area contributed by atoms with Crippen molar-refractivity contribution in [2.45, 2.75) is 159 Å². The van der Waals surface area contributed by atoms with Gasteiger partial charge in [0.1, 0.15) is 0 Å². The van der Waals surface area contributed by atoms with E-state index in [9.17, 15) is 0 Å². The van der Waals surface area contributed by atoms with E-state index in [1.54, 1.807) is 7.11 Å². The van der Waals surface area contributed by atoms with E-state index in [-0.39, 0.29) is 5.60 Å². The van der Waals surface area contributed by atoms with Crippen LogP contribution in [0.25, 0.3) is 0 Å². The van der Waals surface area contributed by atoms with Crippen LogP contribution in [0.2, 0.25) is 0 Å². The molecule has 0 amide bonds. The van der Waals surface area contributed by atoms with Crippen molar-refractivity contribution in [1.82, 2.24) is 0 Å². The van der Waals surface area contributed by atoms with Crippen LogP contribution in [0.4, 0.5) is 0 Å². The first kappa shape index (κ1) is 35.1. The SMILES string of the molecule is CC(C)(C)C1CCC1.CC(C)(C)C1CCCC1.CC(C)(C)CCCCCO.COC(C)(C)C. The Hall–Kier alpha value is -0.0800. The predicted octanol–water partition coefficient (Wildman–Crippen LogP) is 10.1. The summed E-state index contributed by atoms with van der Waals surface area (Å²) in [4.78, 5) is 0. The molecule has 0 aliphatic heterocycles. The van der Waals surface area contributed by atoms with Crippen molar-refractivity contribution in [1.29, 1.82) is 0 Å². The second-order valence-electron chi connectivity index (χ2n) is 14.8. The van der Waals surface area contributed by atoms with Crippen LogP contribution < -0.4 is 0 Å². The number of hydrogen-bond acceptors (Lipinski definition) is 2. The lowest BCUT2D eigenvalue weighted by Crippen LogP contribution is -2.26. The van der Waals surface area contributed by atoms with E-state index in [1.165, 1.54) is 64.2 Å². The number of unbranched alkanes of at least 4 members (excludes halogenated alkanes) is 2. The molecule has 33 heavy (non-hydrogen) atoms. The summed E-state index contributed by atoms with van der Waals surface area (Å²) in [6.07, 6.45) is 15.0. The highest BCUT2D eigenvalue weighted by atomic mass is 16.5. The maximum absolute atomic E-state index is 8.50. The zero-order valence-corrected chi connectivity index (χ0v) is 25.5. The van der Waals surface area contributed by atoms with Gasteiger partial charge in [-0.05, 0) is 87.4 Å². The molecule has 0 radical (unpaired) electrons. The van der Waals surface area contributed by atoms with Gasteiger partial charge in [-0.25, -0.2) is 0 Å². The number of aliphatic hydroxyl groups excluding tert-OH is 1. The topological polar surface area (TPSA) is 29.5 Å². The third-order valence-electron chi connectivity index (χ3n) is 7.11. The lowest BCUT2D eigenvalue weighted by molar-refractivity contribution is 0.0397. The number of rotatable bonds is 4. The molecule has 2 fully saturated rings.